The van der Waals surface area contributed by atoms with Crippen molar-refractivity contribution in [2.24, 2.45) is 0 Å². The molecule has 0 aliphatic heterocycles. The van der Waals surface area contributed by atoms with Gasteiger partial charge in [-0.3, -0.25) is 4.79 Å². The van der Waals surface area contributed by atoms with Crippen LogP contribution in [0.3, 0.4) is 0 Å². The van der Waals surface area contributed by atoms with Gasteiger partial charge in [-0.1, -0.05) is 24.3 Å². The minimum absolute atomic E-state index is 0.0213. The van der Waals surface area contributed by atoms with E-state index in [1.54, 1.807) is 36.4 Å². The summed E-state index contributed by atoms with van der Waals surface area (Å²) in [7, 11) is 1.39. The van der Waals surface area contributed by atoms with Crippen LogP contribution in [-0.2, 0) is 6.42 Å². The molecule has 0 aliphatic rings. The van der Waals surface area contributed by atoms with Crippen LogP contribution in [0.1, 0.15) is 15.9 Å². The van der Waals surface area contributed by atoms with Crippen molar-refractivity contribution in [1.29, 1.82) is 0 Å². The number of benzene rings is 2. The Balaban J connectivity index is 2.24. The second-order valence-corrected chi connectivity index (χ2v) is 4.16. The first kappa shape index (κ1) is 13.1. The molecule has 0 bridgehead atoms. The first-order valence-electron chi connectivity index (χ1n) is 5.82. The van der Waals surface area contributed by atoms with Crippen molar-refractivity contribution in [2.75, 3.05) is 12.8 Å². The van der Waals surface area contributed by atoms with Crippen LogP contribution < -0.4 is 10.5 Å². The lowest BCUT2D eigenvalue weighted by Crippen LogP contribution is -2.06. The monoisotopic (exact) mass is 259 g/mol. The highest BCUT2D eigenvalue weighted by molar-refractivity contribution is 5.98. The van der Waals surface area contributed by atoms with Gasteiger partial charge in [0.1, 0.15) is 0 Å². The number of methoxy groups -OCH3 is 1. The van der Waals surface area contributed by atoms with Crippen LogP contribution in [0.5, 0.6) is 5.75 Å². The summed E-state index contributed by atoms with van der Waals surface area (Å²) in [5.41, 5.74) is 6.92. The highest BCUT2D eigenvalue weighted by Crippen LogP contribution is 2.21. The molecule has 0 fully saturated rings. The van der Waals surface area contributed by atoms with Crippen LogP contribution in [0.15, 0.2) is 42.5 Å². The normalized spacial score (nSPS) is 10.2. The van der Waals surface area contributed by atoms with Crippen LogP contribution >= 0.6 is 0 Å². The predicted octanol–water partition coefficient (Wildman–Crippen LogP) is 2.84. The lowest BCUT2D eigenvalue weighted by molar-refractivity contribution is 0.0991. The van der Waals surface area contributed by atoms with Crippen LogP contribution in [0.2, 0.25) is 0 Å². The summed E-state index contributed by atoms with van der Waals surface area (Å²) in [6, 6.07) is 11.4. The van der Waals surface area contributed by atoms with Gasteiger partial charge in [0.2, 0.25) is 0 Å². The van der Waals surface area contributed by atoms with Gasteiger partial charge in [-0.05, 0) is 23.8 Å². The Bertz CT molecular complexity index is 611. The molecule has 19 heavy (non-hydrogen) atoms. The van der Waals surface area contributed by atoms with E-state index >= 15 is 0 Å². The largest absolute Gasteiger partial charge is 0.494 e. The standard InChI is InChI=1S/C15H14FNO2/c1-19-14-7-3-5-11(15(14)16)9-13(18)10-4-2-6-12(17)8-10/h2-8H,9,17H2,1H3. The molecule has 0 spiro atoms. The van der Waals surface area contributed by atoms with E-state index in [1.807, 2.05) is 0 Å². The lowest BCUT2D eigenvalue weighted by atomic mass is 10.0. The molecule has 2 aromatic rings. The molecule has 0 unspecified atom stereocenters. The Kier molecular flexibility index (Phi) is 3.80. The van der Waals surface area contributed by atoms with Crippen LogP contribution in [0, 0.1) is 5.82 Å². The highest BCUT2D eigenvalue weighted by Gasteiger charge is 2.13. The maximum atomic E-state index is 13.9. The van der Waals surface area contributed by atoms with E-state index < -0.39 is 5.82 Å². The Hall–Kier alpha value is -2.36. The summed E-state index contributed by atoms with van der Waals surface area (Å²) < 4.78 is 18.8. The number of carbonyl (C=O) groups is 1. The third kappa shape index (κ3) is 2.91. The van der Waals surface area contributed by atoms with E-state index in [0.29, 0.717) is 16.8 Å². The molecule has 0 amide bonds. The van der Waals surface area contributed by atoms with Crippen LogP contribution in [-0.4, -0.2) is 12.9 Å². The highest BCUT2D eigenvalue weighted by atomic mass is 19.1. The van der Waals surface area contributed by atoms with E-state index in [1.165, 1.54) is 13.2 Å². The van der Waals surface area contributed by atoms with E-state index in [2.05, 4.69) is 0 Å². The zero-order chi connectivity index (χ0) is 13.8. The summed E-state index contributed by atoms with van der Waals surface area (Å²) in [6.07, 6.45) is -0.0213. The Morgan fingerprint density at radius 3 is 2.68 bits per heavy atom. The number of halogens is 1. The molecule has 2 aromatic carbocycles. The average Bonchev–Trinajstić information content (AvgIpc) is 2.41. The van der Waals surface area contributed by atoms with Gasteiger partial charge in [0.15, 0.2) is 17.3 Å². The molecule has 0 aliphatic carbocycles. The maximum absolute atomic E-state index is 13.9. The lowest BCUT2D eigenvalue weighted by Gasteiger charge is -2.07. The number of carbonyl (C=O) groups excluding carboxylic acids is 1. The summed E-state index contributed by atoms with van der Waals surface area (Å²) in [4.78, 5) is 12.1. The van der Waals surface area contributed by atoms with Crippen molar-refractivity contribution in [3.63, 3.8) is 0 Å². The Morgan fingerprint density at radius 1 is 1.26 bits per heavy atom. The van der Waals surface area contributed by atoms with Crippen molar-refractivity contribution in [2.45, 2.75) is 6.42 Å². The van der Waals surface area contributed by atoms with Crippen molar-refractivity contribution in [3.8, 4) is 5.75 Å². The van der Waals surface area contributed by atoms with Crippen molar-refractivity contribution < 1.29 is 13.9 Å². The molecule has 2 N–H and O–H groups in total. The fourth-order valence-electron chi connectivity index (χ4n) is 1.84. The maximum Gasteiger partial charge on any atom is 0.168 e. The summed E-state index contributed by atoms with van der Waals surface area (Å²) in [6.45, 7) is 0. The second kappa shape index (κ2) is 5.52. The first-order chi connectivity index (χ1) is 9.11. The molecule has 0 aromatic heterocycles. The summed E-state index contributed by atoms with van der Waals surface area (Å²) in [5.74, 6) is -0.542. The number of ketones is 1. The SMILES string of the molecule is COc1cccc(CC(=O)c2cccc(N)c2)c1F. The molecule has 0 atom stereocenters. The first-order valence-corrected chi connectivity index (χ1v) is 5.82. The Morgan fingerprint density at radius 2 is 2.00 bits per heavy atom. The molecule has 0 heterocycles. The van der Waals surface area contributed by atoms with Crippen LogP contribution in [0.25, 0.3) is 0 Å². The van der Waals surface area contributed by atoms with Gasteiger partial charge in [-0.25, -0.2) is 4.39 Å². The van der Waals surface area contributed by atoms with Crippen molar-refractivity contribution in [1.82, 2.24) is 0 Å². The third-order valence-electron chi connectivity index (χ3n) is 2.82. The molecule has 0 radical (unpaired) electrons. The van der Waals surface area contributed by atoms with Gasteiger partial charge in [-0.2, -0.15) is 0 Å². The molecule has 0 saturated heterocycles. The zero-order valence-electron chi connectivity index (χ0n) is 10.5. The van der Waals surface area contributed by atoms with E-state index in [-0.39, 0.29) is 18.0 Å². The van der Waals surface area contributed by atoms with Gasteiger partial charge in [0, 0.05) is 17.7 Å². The summed E-state index contributed by atoms with van der Waals surface area (Å²) >= 11 is 0. The van der Waals surface area contributed by atoms with Gasteiger partial charge < -0.3 is 10.5 Å². The van der Waals surface area contributed by atoms with Gasteiger partial charge in [0.05, 0.1) is 7.11 Å². The third-order valence-corrected chi connectivity index (χ3v) is 2.82. The molecular formula is C15H14FNO2. The minimum Gasteiger partial charge on any atom is -0.494 e. The molecule has 3 nitrogen and oxygen atoms in total. The fraction of sp³-hybridized carbons (Fsp3) is 0.133. The number of hydrogen-bond acceptors (Lipinski definition) is 3. The van der Waals surface area contributed by atoms with Gasteiger partial charge >= 0.3 is 0 Å². The molecule has 2 rings (SSSR count). The molecule has 0 saturated carbocycles. The number of anilines is 1. The van der Waals surface area contributed by atoms with E-state index in [9.17, 15) is 9.18 Å². The average molecular weight is 259 g/mol. The number of nitrogen functional groups attached to an aromatic ring is 1. The fourth-order valence-corrected chi connectivity index (χ4v) is 1.84. The van der Waals surface area contributed by atoms with Crippen molar-refractivity contribution >= 4 is 11.5 Å². The van der Waals surface area contributed by atoms with Crippen molar-refractivity contribution in [3.05, 3.63) is 59.4 Å². The van der Waals surface area contributed by atoms with Crippen LogP contribution in [0.4, 0.5) is 10.1 Å². The number of ether oxygens (including phenoxy) is 1. The number of nitrogens with two attached hydrogens (primary N) is 1. The number of rotatable bonds is 4. The minimum atomic E-state index is -0.498. The molecule has 4 heteroatoms. The topological polar surface area (TPSA) is 52.3 Å². The second-order valence-electron chi connectivity index (χ2n) is 4.16. The number of hydrogen-bond donors (Lipinski definition) is 1. The van der Waals surface area contributed by atoms with Gasteiger partial charge in [-0.15, -0.1) is 0 Å². The zero-order valence-corrected chi connectivity index (χ0v) is 10.5. The van der Waals surface area contributed by atoms with Gasteiger partial charge in [0.25, 0.3) is 0 Å². The predicted molar refractivity (Wildman–Crippen MR) is 71.8 cm³/mol. The summed E-state index contributed by atoms with van der Waals surface area (Å²) in [5, 5.41) is 0. The number of Topliss-reactive ketones (excluding diaryl/α,β-unsaturated/α-hetero) is 1. The Labute approximate surface area is 110 Å². The quantitative estimate of drug-likeness (QED) is 0.678. The van der Waals surface area contributed by atoms with E-state index in [4.69, 9.17) is 10.5 Å². The van der Waals surface area contributed by atoms with E-state index in [0.717, 1.165) is 0 Å². The molecule has 98 valence electrons. The molecular weight excluding hydrogens is 245 g/mol. The smallest absolute Gasteiger partial charge is 0.168 e.